The van der Waals surface area contributed by atoms with Crippen molar-refractivity contribution in [1.29, 1.82) is 0 Å². The molecule has 8 heteroatoms. The summed E-state index contributed by atoms with van der Waals surface area (Å²) in [5, 5.41) is 5.76. The molecule has 0 atom stereocenters. The van der Waals surface area contributed by atoms with Gasteiger partial charge < -0.3 is 24.7 Å². The van der Waals surface area contributed by atoms with Gasteiger partial charge in [-0.3, -0.25) is 9.59 Å². The molecule has 2 aliphatic heterocycles. The lowest BCUT2D eigenvalue weighted by molar-refractivity contribution is 0.0935. The van der Waals surface area contributed by atoms with E-state index in [0.29, 0.717) is 42.7 Å². The minimum absolute atomic E-state index is 0.206. The third kappa shape index (κ3) is 3.54. The molecule has 0 aliphatic carbocycles. The number of benzene rings is 1. The molecule has 2 N–H and O–H groups in total. The Kier molecular flexibility index (Phi) is 5.18. The number of hydrogen-bond acceptors (Lipinski definition) is 5. The van der Waals surface area contributed by atoms with Crippen molar-refractivity contribution in [3.63, 3.8) is 0 Å². The first-order chi connectivity index (χ1) is 13.7. The van der Waals surface area contributed by atoms with Crippen LogP contribution in [0.5, 0.6) is 11.5 Å². The van der Waals surface area contributed by atoms with E-state index < -0.39 is 0 Å². The van der Waals surface area contributed by atoms with E-state index in [1.165, 1.54) is 0 Å². The molecule has 0 bridgehead atoms. The summed E-state index contributed by atoms with van der Waals surface area (Å²) in [5.74, 6) is 1.20. The van der Waals surface area contributed by atoms with Crippen LogP contribution in [0.2, 0.25) is 0 Å². The molecule has 0 radical (unpaired) electrons. The van der Waals surface area contributed by atoms with Crippen LogP contribution in [0.4, 0.5) is 0 Å². The van der Waals surface area contributed by atoms with Crippen LogP contribution in [0.3, 0.4) is 0 Å². The fraction of sp³-hybridized carbons (Fsp3) is 0.450. The summed E-state index contributed by atoms with van der Waals surface area (Å²) in [6.45, 7) is 3.86. The monoisotopic (exact) mass is 384 g/mol. The number of imidazole rings is 1. The fourth-order valence-electron chi connectivity index (χ4n) is 3.53. The van der Waals surface area contributed by atoms with Crippen molar-refractivity contribution in [2.45, 2.75) is 45.7 Å². The molecular weight excluding hydrogens is 360 g/mol. The molecule has 0 unspecified atom stereocenters. The zero-order valence-corrected chi connectivity index (χ0v) is 15.9. The molecule has 1 aromatic carbocycles. The van der Waals surface area contributed by atoms with Gasteiger partial charge in [0.1, 0.15) is 5.69 Å². The van der Waals surface area contributed by atoms with Gasteiger partial charge in [-0.15, -0.1) is 0 Å². The van der Waals surface area contributed by atoms with Gasteiger partial charge in [-0.05, 0) is 43.4 Å². The predicted molar refractivity (Wildman–Crippen MR) is 102 cm³/mol. The van der Waals surface area contributed by atoms with Gasteiger partial charge in [0.05, 0.1) is 5.69 Å². The Morgan fingerprint density at radius 1 is 1.14 bits per heavy atom. The van der Waals surface area contributed by atoms with Crippen LogP contribution in [0.1, 0.15) is 58.6 Å². The average Bonchev–Trinajstić information content (AvgIpc) is 3.34. The normalized spacial score (nSPS) is 14.5. The van der Waals surface area contributed by atoms with Gasteiger partial charge in [0.25, 0.3) is 11.8 Å². The number of amides is 2. The van der Waals surface area contributed by atoms with Gasteiger partial charge in [0.2, 0.25) is 6.79 Å². The lowest BCUT2D eigenvalue weighted by Gasteiger charge is -2.17. The van der Waals surface area contributed by atoms with Crippen molar-refractivity contribution in [2.75, 3.05) is 13.3 Å². The Balaban J connectivity index is 1.50. The second-order valence-electron chi connectivity index (χ2n) is 6.97. The number of hydrogen-bond donors (Lipinski definition) is 2. The van der Waals surface area contributed by atoms with Crippen molar-refractivity contribution in [3.05, 3.63) is 41.0 Å². The van der Waals surface area contributed by atoms with Crippen molar-refractivity contribution in [1.82, 2.24) is 20.2 Å². The summed E-state index contributed by atoms with van der Waals surface area (Å²) in [7, 11) is 0. The molecular formula is C20H24N4O4. The van der Waals surface area contributed by atoms with Gasteiger partial charge in [0, 0.05) is 19.6 Å². The Hall–Kier alpha value is -3.03. The third-order valence-corrected chi connectivity index (χ3v) is 4.96. The highest BCUT2D eigenvalue weighted by atomic mass is 16.7. The molecule has 3 heterocycles. The standard InChI is InChI=1S/C20H24N4O4/c1-2-8-21-19(25)17-14-5-3-4-9-24(14)18(23-17)20(26)22-11-13-6-7-15-16(10-13)28-12-27-15/h6-7,10H,2-5,8-9,11-12H2,1H3,(H,21,25)(H,22,26). The molecule has 2 aromatic rings. The minimum atomic E-state index is -0.282. The van der Waals surface area contributed by atoms with Gasteiger partial charge in [-0.2, -0.15) is 0 Å². The lowest BCUT2D eigenvalue weighted by Crippen LogP contribution is -2.27. The third-order valence-electron chi connectivity index (χ3n) is 4.96. The molecule has 0 spiro atoms. The minimum Gasteiger partial charge on any atom is -0.454 e. The van der Waals surface area contributed by atoms with Crippen LogP contribution < -0.4 is 20.1 Å². The summed E-state index contributed by atoms with van der Waals surface area (Å²) in [6.07, 6.45) is 3.59. The predicted octanol–water partition coefficient (Wildman–Crippen LogP) is 2.02. The van der Waals surface area contributed by atoms with E-state index in [-0.39, 0.29) is 18.6 Å². The van der Waals surface area contributed by atoms with E-state index in [2.05, 4.69) is 15.6 Å². The second-order valence-corrected chi connectivity index (χ2v) is 6.97. The first-order valence-corrected chi connectivity index (χ1v) is 9.71. The maximum atomic E-state index is 12.8. The number of aromatic nitrogens is 2. The molecule has 2 amide bonds. The van der Waals surface area contributed by atoms with Crippen LogP contribution in [0.25, 0.3) is 0 Å². The fourth-order valence-corrected chi connectivity index (χ4v) is 3.53. The Labute approximate surface area is 163 Å². The molecule has 1 aromatic heterocycles. The summed E-state index contributed by atoms with van der Waals surface area (Å²) < 4.78 is 12.6. The molecule has 28 heavy (non-hydrogen) atoms. The molecule has 2 aliphatic rings. The first-order valence-electron chi connectivity index (χ1n) is 9.71. The quantitative estimate of drug-likeness (QED) is 0.795. The highest BCUT2D eigenvalue weighted by molar-refractivity contribution is 5.97. The van der Waals surface area contributed by atoms with E-state index >= 15 is 0 Å². The van der Waals surface area contributed by atoms with Gasteiger partial charge in [0.15, 0.2) is 17.3 Å². The summed E-state index contributed by atoms with van der Waals surface area (Å²) >= 11 is 0. The number of nitrogens with zero attached hydrogens (tertiary/aromatic N) is 2. The van der Waals surface area contributed by atoms with Gasteiger partial charge in [-0.1, -0.05) is 13.0 Å². The largest absolute Gasteiger partial charge is 0.454 e. The smallest absolute Gasteiger partial charge is 0.287 e. The van der Waals surface area contributed by atoms with Crippen molar-refractivity contribution < 1.29 is 19.1 Å². The zero-order chi connectivity index (χ0) is 19.5. The maximum Gasteiger partial charge on any atom is 0.287 e. The van der Waals surface area contributed by atoms with E-state index in [4.69, 9.17) is 9.47 Å². The van der Waals surface area contributed by atoms with Gasteiger partial charge >= 0.3 is 0 Å². The van der Waals surface area contributed by atoms with Crippen LogP contribution in [-0.4, -0.2) is 34.7 Å². The number of rotatable bonds is 6. The van der Waals surface area contributed by atoms with E-state index in [1.807, 2.05) is 29.7 Å². The van der Waals surface area contributed by atoms with Crippen molar-refractivity contribution in [2.24, 2.45) is 0 Å². The topological polar surface area (TPSA) is 94.5 Å². The van der Waals surface area contributed by atoms with E-state index in [0.717, 1.165) is 36.9 Å². The lowest BCUT2D eigenvalue weighted by atomic mass is 10.1. The van der Waals surface area contributed by atoms with Crippen molar-refractivity contribution in [3.8, 4) is 11.5 Å². The number of carbonyl (C=O) groups is 2. The zero-order valence-electron chi connectivity index (χ0n) is 15.9. The molecule has 4 rings (SSSR count). The van der Waals surface area contributed by atoms with Crippen molar-refractivity contribution >= 4 is 11.8 Å². The Morgan fingerprint density at radius 3 is 2.86 bits per heavy atom. The summed E-state index contributed by atoms with van der Waals surface area (Å²) in [4.78, 5) is 29.7. The molecule has 148 valence electrons. The first kappa shape index (κ1) is 18.3. The number of nitrogens with one attached hydrogen (secondary N) is 2. The average molecular weight is 384 g/mol. The van der Waals surface area contributed by atoms with Gasteiger partial charge in [-0.25, -0.2) is 4.98 Å². The Morgan fingerprint density at radius 2 is 2.00 bits per heavy atom. The van der Waals surface area contributed by atoms with Crippen LogP contribution in [0.15, 0.2) is 18.2 Å². The highest BCUT2D eigenvalue weighted by Gasteiger charge is 2.27. The van der Waals surface area contributed by atoms with Crippen LogP contribution in [0, 0.1) is 0 Å². The summed E-state index contributed by atoms with van der Waals surface area (Å²) in [5.41, 5.74) is 2.14. The SMILES string of the molecule is CCCNC(=O)c1nc(C(=O)NCc2ccc3c(c2)OCO3)n2c1CCCC2. The number of carbonyl (C=O) groups excluding carboxylic acids is 2. The Bertz CT molecular complexity index is 906. The molecule has 0 saturated carbocycles. The van der Waals surface area contributed by atoms with Crippen LogP contribution in [-0.2, 0) is 19.5 Å². The van der Waals surface area contributed by atoms with Crippen LogP contribution >= 0.6 is 0 Å². The molecule has 8 nitrogen and oxygen atoms in total. The highest BCUT2D eigenvalue weighted by Crippen LogP contribution is 2.32. The molecule has 0 saturated heterocycles. The number of fused-ring (bicyclic) bond motifs is 2. The van der Waals surface area contributed by atoms with E-state index in [9.17, 15) is 9.59 Å². The number of ether oxygens (including phenoxy) is 2. The van der Waals surface area contributed by atoms with E-state index in [1.54, 1.807) is 0 Å². The maximum absolute atomic E-state index is 12.8. The molecule has 0 fully saturated rings. The second kappa shape index (κ2) is 7.92. The summed E-state index contributed by atoms with van der Waals surface area (Å²) in [6, 6.07) is 5.57.